The first kappa shape index (κ1) is 20.2. The molecule has 1 atom stereocenters. The Morgan fingerprint density at radius 1 is 1.16 bits per heavy atom. The second-order valence-corrected chi connectivity index (χ2v) is 8.48. The molecule has 3 heterocycles. The van der Waals surface area contributed by atoms with E-state index in [2.05, 4.69) is 20.4 Å². The number of nitrogens with one attached hydrogen (secondary N) is 2. The van der Waals surface area contributed by atoms with Gasteiger partial charge in [0.05, 0.1) is 17.3 Å². The average molecular weight is 432 g/mol. The van der Waals surface area contributed by atoms with Crippen LogP contribution in [0.4, 0.5) is 11.5 Å². The first-order valence-corrected chi connectivity index (χ1v) is 10.8. The molecule has 1 fully saturated rings. The lowest BCUT2D eigenvalue weighted by atomic mass is 10.1. The molecular weight excluding hydrogens is 408 g/mol. The van der Waals surface area contributed by atoms with E-state index in [1.807, 2.05) is 31.2 Å². The van der Waals surface area contributed by atoms with Crippen LogP contribution in [0, 0.1) is 19.8 Å². The normalized spacial score (nSPS) is 17.6. The van der Waals surface area contributed by atoms with Crippen molar-refractivity contribution in [2.75, 3.05) is 16.8 Å². The first-order chi connectivity index (χ1) is 15.4. The third-order valence-electron chi connectivity index (χ3n) is 6.05. The number of carbonyl (C=O) groups excluding carboxylic acids is 2. The van der Waals surface area contributed by atoms with Crippen LogP contribution in [0.3, 0.4) is 0 Å². The molecule has 1 aliphatic heterocycles. The van der Waals surface area contributed by atoms with Crippen molar-refractivity contribution in [2.24, 2.45) is 5.92 Å². The summed E-state index contributed by atoms with van der Waals surface area (Å²) in [6.45, 7) is 4.10. The van der Waals surface area contributed by atoms with Gasteiger partial charge in [0, 0.05) is 30.3 Å². The van der Waals surface area contributed by atoms with Crippen molar-refractivity contribution in [3.8, 4) is 5.95 Å². The molecule has 1 aromatic carbocycles. The van der Waals surface area contributed by atoms with Gasteiger partial charge in [0.2, 0.25) is 17.8 Å². The number of aromatic nitrogens is 4. The predicted molar refractivity (Wildman–Crippen MR) is 119 cm³/mol. The molecule has 9 nitrogen and oxygen atoms in total. The van der Waals surface area contributed by atoms with Crippen LogP contribution in [0.1, 0.15) is 35.4 Å². The molecule has 1 aliphatic carbocycles. The Balaban J connectivity index is 1.37. The number of anilines is 2. The van der Waals surface area contributed by atoms with Crippen LogP contribution in [0.5, 0.6) is 0 Å². The van der Waals surface area contributed by atoms with E-state index in [4.69, 9.17) is 0 Å². The van der Waals surface area contributed by atoms with Crippen molar-refractivity contribution in [3.63, 3.8) is 0 Å². The summed E-state index contributed by atoms with van der Waals surface area (Å²) in [7, 11) is 0. The molecule has 0 spiro atoms. The highest BCUT2D eigenvalue weighted by molar-refractivity contribution is 6.03. The van der Waals surface area contributed by atoms with Crippen LogP contribution in [-0.2, 0) is 22.4 Å². The van der Waals surface area contributed by atoms with Gasteiger partial charge in [-0.25, -0.2) is 4.98 Å². The van der Waals surface area contributed by atoms with Crippen molar-refractivity contribution in [1.82, 2.24) is 19.7 Å². The molecule has 3 aromatic rings. The monoisotopic (exact) mass is 432 g/mol. The number of hydrogen-bond acceptors (Lipinski definition) is 5. The number of aryl methyl sites for hydroxylation is 3. The smallest absolute Gasteiger partial charge is 0.255 e. The Bertz CT molecular complexity index is 1270. The summed E-state index contributed by atoms with van der Waals surface area (Å²) >= 11 is 0. The number of nitrogens with zero attached hydrogens (tertiary/aromatic N) is 4. The van der Waals surface area contributed by atoms with E-state index in [-0.39, 0.29) is 29.7 Å². The molecule has 0 radical (unpaired) electrons. The highest BCUT2D eigenvalue weighted by Crippen LogP contribution is 2.27. The van der Waals surface area contributed by atoms with Crippen LogP contribution in [-0.4, -0.2) is 38.1 Å². The van der Waals surface area contributed by atoms with E-state index in [9.17, 15) is 14.4 Å². The third-order valence-corrected chi connectivity index (χ3v) is 6.05. The van der Waals surface area contributed by atoms with Gasteiger partial charge in [-0.2, -0.15) is 9.78 Å². The number of aromatic amines is 1. The molecule has 0 bridgehead atoms. The molecule has 5 rings (SSSR count). The Kier molecular flexibility index (Phi) is 4.88. The molecule has 32 heavy (non-hydrogen) atoms. The minimum absolute atomic E-state index is 0.0803. The maximum Gasteiger partial charge on any atom is 0.255 e. The molecule has 164 valence electrons. The Morgan fingerprint density at radius 3 is 2.72 bits per heavy atom. The van der Waals surface area contributed by atoms with Gasteiger partial charge in [-0.3, -0.25) is 19.4 Å². The standard InChI is InChI=1S/C23H24N6O3/c1-13-6-8-16(9-7-13)28-12-15(11-20(28)30)21(31)25-19-10-14(2)27-29(19)23-24-18-5-3-4-17(18)22(32)26-23/h6-10,15H,3-5,11-12H2,1-2H3,(H,25,31)(H,24,26,32). The molecule has 1 saturated heterocycles. The number of amides is 2. The maximum absolute atomic E-state index is 13.0. The second kappa shape index (κ2) is 7.74. The van der Waals surface area contributed by atoms with Crippen LogP contribution < -0.4 is 15.8 Å². The van der Waals surface area contributed by atoms with Gasteiger partial charge >= 0.3 is 0 Å². The highest BCUT2D eigenvalue weighted by Gasteiger charge is 2.35. The minimum atomic E-state index is -0.487. The van der Waals surface area contributed by atoms with Gasteiger partial charge in [-0.1, -0.05) is 17.7 Å². The Hall–Kier alpha value is -3.75. The maximum atomic E-state index is 13.0. The lowest BCUT2D eigenvalue weighted by Crippen LogP contribution is -2.29. The molecule has 2 amide bonds. The number of benzene rings is 1. The lowest BCUT2D eigenvalue weighted by molar-refractivity contribution is -0.122. The largest absolute Gasteiger partial charge is 0.312 e. The number of fused-ring (bicyclic) bond motifs is 1. The quantitative estimate of drug-likeness (QED) is 0.655. The number of rotatable bonds is 4. The van der Waals surface area contributed by atoms with Gasteiger partial charge in [0.25, 0.3) is 5.56 Å². The summed E-state index contributed by atoms with van der Waals surface area (Å²) in [6, 6.07) is 9.40. The van der Waals surface area contributed by atoms with Gasteiger partial charge < -0.3 is 10.2 Å². The molecule has 0 saturated carbocycles. The van der Waals surface area contributed by atoms with Crippen molar-refractivity contribution in [3.05, 3.63) is 63.2 Å². The topological polar surface area (TPSA) is 113 Å². The SMILES string of the molecule is Cc1ccc(N2CC(C(=O)Nc3cc(C)nn3-c3nc4c(c(=O)[nH]3)CCC4)CC2=O)cc1. The summed E-state index contributed by atoms with van der Waals surface area (Å²) in [5.74, 6) is -0.141. The first-order valence-electron chi connectivity index (χ1n) is 10.8. The summed E-state index contributed by atoms with van der Waals surface area (Å²) in [4.78, 5) is 47.0. The second-order valence-electron chi connectivity index (χ2n) is 8.48. The van der Waals surface area contributed by atoms with E-state index in [0.29, 0.717) is 18.1 Å². The summed E-state index contributed by atoms with van der Waals surface area (Å²) in [5, 5.41) is 7.29. The van der Waals surface area contributed by atoms with Crippen molar-refractivity contribution in [2.45, 2.75) is 39.5 Å². The van der Waals surface area contributed by atoms with Gasteiger partial charge in [-0.15, -0.1) is 0 Å². The zero-order valence-electron chi connectivity index (χ0n) is 18.0. The minimum Gasteiger partial charge on any atom is -0.312 e. The van der Waals surface area contributed by atoms with Crippen molar-refractivity contribution < 1.29 is 9.59 Å². The average Bonchev–Trinajstić information content (AvgIpc) is 3.47. The zero-order valence-corrected chi connectivity index (χ0v) is 18.0. The summed E-state index contributed by atoms with van der Waals surface area (Å²) in [5.41, 5.74) is 3.91. The van der Waals surface area contributed by atoms with Gasteiger partial charge in [-0.05, 0) is 45.2 Å². The molecule has 2 N–H and O–H groups in total. The summed E-state index contributed by atoms with van der Waals surface area (Å²) < 4.78 is 1.45. The predicted octanol–water partition coefficient (Wildman–Crippen LogP) is 2.05. The van der Waals surface area contributed by atoms with E-state index in [1.165, 1.54) is 4.68 Å². The number of hydrogen-bond donors (Lipinski definition) is 2. The molecule has 2 aromatic heterocycles. The number of carbonyl (C=O) groups is 2. The van der Waals surface area contributed by atoms with E-state index >= 15 is 0 Å². The van der Waals surface area contributed by atoms with Gasteiger partial charge in [0.1, 0.15) is 5.82 Å². The lowest BCUT2D eigenvalue weighted by Gasteiger charge is -2.17. The Labute approximate surface area is 184 Å². The molecule has 9 heteroatoms. The fourth-order valence-electron chi connectivity index (χ4n) is 4.36. The van der Waals surface area contributed by atoms with Crippen LogP contribution in [0.25, 0.3) is 5.95 Å². The third kappa shape index (κ3) is 3.59. The Morgan fingerprint density at radius 2 is 1.94 bits per heavy atom. The zero-order chi connectivity index (χ0) is 22.4. The van der Waals surface area contributed by atoms with Crippen LogP contribution in [0.15, 0.2) is 35.1 Å². The fraction of sp³-hybridized carbons (Fsp3) is 0.348. The van der Waals surface area contributed by atoms with E-state index in [0.717, 1.165) is 41.8 Å². The van der Waals surface area contributed by atoms with E-state index in [1.54, 1.807) is 17.9 Å². The van der Waals surface area contributed by atoms with Crippen LogP contribution >= 0.6 is 0 Å². The summed E-state index contributed by atoms with van der Waals surface area (Å²) in [6.07, 6.45) is 2.53. The van der Waals surface area contributed by atoms with Crippen LogP contribution in [0.2, 0.25) is 0 Å². The highest BCUT2D eigenvalue weighted by atomic mass is 16.2. The van der Waals surface area contributed by atoms with Gasteiger partial charge in [0.15, 0.2) is 0 Å². The van der Waals surface area contributed by atoms with Crippen molar-refractivity contribution >= 4 is 23.3 Å². The van der Waals surface area contributed by atoms with E-state index < -0.39 is 5.92 Å². The van der Waals surface area contributed by atoms with Crippen molar-refractivity contribution in [1.29, 1.82) is 0 Å². The molecule has 1 unspecified atom stereocenters. The number of H-pyrrole nitrogens is 1. The molecule has 2 aliphatic rings. The fourth-order valence-corrected chi connectivity index (χ4v) is 4.36. The molecular formula is C23H24N6O3.